The number of likely N-dealkylation sites (N-methyl/N-ethyl adjacent to an activating group) is 1. The maximum atomic E-state index is 11.7. The van der Waals surface area contributed by atoms with E-state index in [0.717, 1.165) is 0 Å². The molecule has 6 nitrogen and oxygen atoms in total. The molecule has 110 valence electrons. The second kappa shape index (κ2) is 7.72. The Morgan fingerprint density at radius 3 is 2.70 bits per heavy atom. The van der Waals surface area contributed by atoms with Gasteiger partial charge in [-0.2, -0.15) is 0 Å². The summed E-state index contributed by atoms with van der Waals surface area (Å²) in [6.45, 7) is 0.814. The van der Waals surface area contributed by atoms with E-state index < -0.39 is 0 Å². The molecule has 0 aromatic heterocycles. The number of benzene rings is 1. The number of nitrogens with one attached hydrogen (secondary N) is 1. The molecule has 0 aliphatic heterocycles. The summed E-state index contributed by atoms with van der Waals surface area (Å²) in [4.78, 5) is 24.2. The number of carbonyl (C=O) groups is 2. The Labute approximate surface area is 123 Å². The van der Waals surface area contributed by atoms with Crippen LogP contribution in [0.1, 0.15) is 12.8 Å². The summed E-state index contributed by atoms with van der Waals surface area (Å²) in [5, 5.41) is 3.19. The van der Waals surface area contributed by atoms with Crippen molar-refractivity contribution in [2.24, 2.45) is 5.73 Å². The summed E-state index contributed by atoms with van der Waals surface area (Å²) in [6, 6.07) is 4.93. The fourth-order valence-electron chi connectivity index (χ4n) is 1.70. The van der Waals surface area contributed by atoms with E-state index >= 15 is 0 Å². The van der Waals surface area contributed by atoms with Crippen LogP contribution in [0.5, 0.6) is 0 Å². The number of nitrogens with two attached hydrogens (primary N) is 2. The first-order chi connectivity index (χ1) is 9.38. The van der Waals surface area contributed by atoms with Gasteiger partial charge in [-0.15, -0.1) is 0 Å². The van der Waals surface area contributed by atoms with Crippen molar-refractivity contribution in [1.82, 2.24) is 4.90 Å². The summed E-state index contributed by atoms with van der Waals surface area (Å²) < 4.78 is 0. The minimum atomic E-state index is -0.381. The van der Waals surface area contributed by atoms with Gasteiger partial charge in [-0.1, -0.05) is 11.6 Å². The maximum Gasteiger partial charge on any atom is 0.231 e. The van der Waals surface area contributed by atoms with Gasteiger partial charge in [-0.25, -0.2) is 0 Å². The van der Waals surface area contributed by atoms with Crippen molar-refractivity contribution in [2.45, 2.75) is 12.8 Å². The standard InChI is InChI=1S/C13H19ClN4O2/c1-18(8-12(16)19)6-2-3-13(20)17-9-4-5-10(14)11(15)7-9/h4-5,7H,2-3,6,8,15H2,1H3,(H2,16,19)(H,17,20). The van der Waals surface area contributed by atoms with Crippen molar-refractivity contribution in [3.8, 4) is 0 Å². The lowest BCUT2D eigenvalue weighted by Gasteiger charge is -2.13. The zero-order chi connectivity index (χ0) is 15.1. The van der Waals surface area contributed by atoms with Crippen LogP contribution >= 0.6 is 11.6 Å². The van der Waals surface area contributed by atoms with Crippen LogP contribution in [0.2, 0.25) is 5.02 Å². The van der Waals surface area contributed by atoms with Gasteiger partial charge in [0.2, 0.25) is 11.8 Å². The lowest BCUT2D eigenvalue weighted by atomic mass is 10.2. The van der Waals surface area contributed by atoms with Gasteiger partial charge < -0.3 is 16.8 Å². The molecule has 0 aliphatic rings. The molecule has 0 radical (unpaired) electrons. The second-order valence-electron chi connectivity index (χ2n) is 4.59. The number of amides is 2. The van der Waals surface area contributed by atoms with Crippen LogP contribution in [0, 0.1) is 0 Å². The highest BCUT2D eigenvalue weighted by Gasteiger charge is 2.06. The molecule has 0 aliphatic carbocycles. The quantitative estimate of drug-likeness (QED) is 0.655. The minimum absolute atomic E-state index is 0.112. The van der Waals surface area contributed by atoms with E-state index in [-0.39, 0.29) is 18.4 Å². The van der Waals surface area contributed by atoms with E-state index in [1.807, 2.05) is 0 Å². The van der Waals surface area contributed by atoms with Crippen molar-refractivity contribution in [2.75, 3.05) is 31.2 Å². The largest absolute Gasteiger partial charge is 0.397 e. The molecule has 7 heteroatoms. The fraction of sp³-hybridized carbons (Fsp3) is 0.385. The Kier molecular flexibility index (Phi) is 6.27. The molecule has 1 aromatic carbocycles. The molecule has 0 bridgehead atoms. The van der Waals surface area contributed by atoms with Gasteiger partial charge in [0.1, 0.15) is 0 Å². The molecule has 1 rings (SSSR count). The van der Waals surface area contributed by atoms with E-state index in [1.54, 1.807) is 30.1 Å². The maximum absolute atomic E-state index is 11.7. The van der Waals surface area contributed by atoms with Crippen molar-refractivity contribution in [1.29, 1.82) is 0 Å². The van der Waals surface area contributed by atoms with Gasteiger partial charge in [0.15, 0.2) is 0 Å². The first kappa shape index (κ1) is 16.3. The highest BCUT2D eigenvalue weighted by molar-refractivity contribution is 6.33. The number of hydrogen-bond donors (Lipinski definition) is 3. The van der Waals surface area contributed by atoms with Gasteiger partial charge in [0.25, 0.3) is 0 Å². The van der Waals surface area contributed by atoms with Gasteiger partial charge in [0.05, 0.1) is 17.3 Å². The van der Waals surface area contributed by atoms with Crippen LogP contribution in [0.3, 0.4) is 0 Å². The molecule has 0 fully saturated rings. The summed E-state index contributed by atoms with van der Waals surface area (Å²) in [5.41, 5.74) is 11.8. The number of carbonyl (C=O) groups excluding carboxylic acids is 2. The molecule has 20 heavy (non-hydrogen) atoms. The Morgan fingerprint density at radius 2 is 2.10 bits per heavy atom. The number of halogens is 1. The first-order valence-corrected chi connectivity index (χ1v) is 6.58. The predicted octanol–water partition coefficient (Wildman–Crippen LogP) is 1.06. The van der Waals surface area contributed by atoms with E-state index in [0.29, 0.717) is 35.8 Å². The normalized spacial score (nSPS) is 10.6. The summed E-state index contributed by atoms with van der Waals surface area (Å²) >= 11 is 5.80. The van der Waals surface area contributed by atoms with Gasteiger partial charge in [-0.3, -0.25) is 14.5 Å². The highest BCUT2D eigenvalue weighted by atomic mass is 35.5. The van der Waals surface area contributed by atoms with Crippen LogP contribution in [0.25, 0.3) is 0 Å². The molecule has 0 saturated heterocycles. The van der Waals surface area contributed by atoms with Crippen LogP contribution in [0.15, 0.2) is 18.2 Å². The Bertz CT molecular complexity index is 493. The summed E-state index contributed by atoms with van der Waals surface area (Å²) in [5.74, 6) is -0.493. The van der Waals surface area contributed by atoms with Gasteiger partial charge >= 0.3 is 0 Å². The number of nitrogens with zero attached hydrogens (tertiary/aromatic N) is 1. The van der Waals surface area contributed by atoms with E-state index in [4.69, 9.17) is 23.1 Å². The van der Waals surface area contributed by atoms with Crippen molar-refractivity contribution in [3.63, 3.8) is 0 Å². The molecule has 0 heterocycles. The first-order valence-electron chi connectivity index (χ1n) is 6.20. The number of hydrogen-bond acceptors (Lipinski definition) is 4. The third kappa shape index (κ3) is 5.90. The minimum Gasteiger partial charge on any atom is -0.397 e. The van der Waals surface area contributed by atoms with E-state index in [9.17, 15) is 9.59 Å². The van der Waals surface area contributed by atoms with Crippen molar-refractivity contribution >= 4 is 34.8 Å². The SMILES string of the molecule is CN(CCCC(=O)Nc1ccc(Cl)c(N)c1)CC(N)=O. The molecule has 0 atom stereocenters. The molecular formula is C13H19ClN4O2. The number of nitrogen functional groups attached to an aromatic ring is 1. The highest BCUT2D eigenvalue weighted by Crippen LogP contribution is 2.22. The predicted molar refractivity (Wildman–Crippen MR) is 80.4 cm³/mol. The Morgan fingerprint density at radius 1 is 1.40 bits per heavy atom. The van der Waals surface area contributed by atoms with Crippen LogP contribution < -0.4 is 16.8 Å². The third-order valence-corrected chi connectivity index (χ3v) is 2.99. The lowest BCUT2D eigenvalue weighted by Crippen LogP contribution is -2.31. The molecule has 2 amide bonds. The third-order valence-electron chi connectivity index (χ3n) is 2.65. The van der Waals surface area contributed by atoms with Gasteiger partial charge in [0, 0.05) is 12.1 Å². The molecule has 1 aromatic rings. The van der Waals surface area contributed by atoms with E-state index in [1.165, 1.54) is 0 Å². The molecule has 0 spiro atoms. The molecule has 0 unspecified atom stereocenters. The number of rotatable bonds is 7. The van der Waals surface area contributed by atoms with Gasteiger partial charge in [-0.05, 0) is 38.2 Å². The van der Waals surface area contributed by atoms with E-state index in [2.05, 4.69) is 5.32 Å². The van der Waals surface area contributed by atoms with Crippen LogP contribution in [-0.2, 0) is 9.59 Å². The average Bonchev–Trinajstić information content (AvgIpc) is 2.33. The summed E-state index contributed by atoms with van der Waals surface area (Å²) in [6.07, 6.45) is 0.990. The van der Waals surface area contributed by atoms with Crippen LogP contribution in [0.4, 0.5) is 11.4 Å². The fourth-order valence-corrected chi connectivity index (χ4v) is 1.82. The monoisotopic (exact) mass is 298 g/mol. The topological polar surface area (TPSA) is 101 Å². The summed E-state index contributed by atoms with van der Waals surface area (Å²) in [7, 11) is 1.78. The molecule has 0 saturated carbocycles. The lowest BCUT2D eigenvalue weighted by molar-refractivity contribution is -0.118. The van der Waals surface area contributed by atoms with Crippen LogP contribution in [-0.4, -0.2) is 36.9 Å². The Balaban J connectivity index is 2.33. The van der Waals surface area contributed by atoms with Crippen molar-refractivity contribution < 1.29 is 9.59 Å². The second-order valence-corrected chi connectivity index (χ2v) is 5.00. The smallest absolute Gasteiger partial charge is 0.231 e. The number of anilines is 2. The molecular weight excluding hydrogens is 280 g/mol. The number of primary amides is 1. The zero-order valence-electron chi connectivity index (χ0n) is 11.4. The zero-order valence-corrected chi connectivity index (χ0v) is 12.1. The molecule has 5 N–H and O–H groups in total. The van der Waals surface area contributed by atoms with Crippen molar-refractivity contribution in [3.05, 3.63) is 23.2 Å². The average molecular weight is 299 g/mol. The Hall–Kier alpha value is -1.79.